The molecule has 49 heavy (non-hydrogen) atoms. The van der Waals surface area contributed by atoms with Gasteiger partial charge in [-0.25, -0.2) is 0 Å². The van der Waals surface area contributed by atoms with Crippen LogP contribution in [-0.2, 0) is 105 Å². The van der Waals surface area contributed by atoms with E-state index in [1.54, 1.807) is 19.6 Å². The summed E-state index contributed by atoms with van der Waals surface area (Å²) >= 11 is -10.0. The molecule has 10 fully saturated rings. The maximum Gasteiger partial charge on any atom is 0 e. The zero-order valence-corrected chi connectivity index (χ0v) is 34.1. The van der Waals surface area contributed by atoms with Gasteiger partial charge in [-0.1, -0.05) is 0 Å². The Balaban J connectivity index is -0.000000756. The smallest absolute Gasteiger partial charge is 0 e. The molecular formula is C20H42Mn3N4O20Sb2+2. The van der Waals surface area contributed by atoms with Crippen molar-refractivity contribution in [2.45, 2.75) is 25.2 Å². The van der Waals surface area contributed by atoms with Crippen molar-refractivity contribution < 1.29 is 137 Å². The molecule has 29 heteroatoms. The van der Waals surface area contributed by atoms with E-state index in [0.717, 1.165) is 0 Å². The summed E-state index contributed by atoms with van der Waals surface area (Å²) in [5.41, 5.74) is 0. The first kappa shape index (κ1) is 53.8. The Morgan fingerprint density at radius 2 is 0.633 bits per heavy atom. The Morgan fingerprint density at radius 3 is 0.816 bits per heavy atom. The van der Waals surface area contributed by atoms with Gasteiger partial charge in [0.25, 0.3) is 0 Å². The molecule has 10 aliphatic rings. The molecule has 291 valence electrons. The van der Waals surface area contributed by atoms with Gasteiger partial charge in [0.05, 0.1) is 0 Å². The van der Waals surface area contributed by atoms with Crippen molar-refractivity contribution in [3.05, 3.63) is 0 Å². The van der Waals surface area contributed by atoms with Gasteiger partial charge in [0, 0.05) is 51.2 Å². The van der Waals surface area contributed by atoms with Gasteiger partial charge < -0.3 is 21.9 Å². The Kier molecular flexibility index (Phi) is 25.5. The second-order valence-corrected chi connectivity index (χ2v) is 19.5. The minimum Gasteiger partial charge on any atom is -0.457 e. The first-order valence-corrected chi connectivity index (χ1v) is 21.2. The number of rotatable bonds is 0. The summed E-state index contributed by atoms with van der Waals surface area (Å²) < 4.78 is 41.4. The third-order valence-corrected chi connectivity index (χ3v) is 17.0. The summed E-state index contributed by atoms with van der Waals surface area (Å²) in [6.45, 7) is 1.59. The number of aliphatic hydroxyl groups is 4. The van der Waals surface area contributed by atoms with Gasteiger partial charge >= 0.3 is 252 Å². The third-order valence-electron chi connectivity index (χ3n) is 6.39. The molecule has 10 aliphatic heterocycles. The van der Waals surface area contributed by atoms with Crippen LogP contribution in [0, 0.1) is 0 Å². The van der Waals surface area contributed by atoms with Crippen LogP contribution >= 0.6 is 0 Å². The standard InChI is InChI=1S/2C10H18N2O8.3Mn.4H2O.2Sb/c2*13-7(14)3-11(4-8(15)16)1-2-12(5-9(17)18)6-10(19)20;;;;;;;;;/h2*7,9,13,17H,1-6H2,(H,15,16)(H,19,20);;;;4*1H2;;/q2*-2;;;;;;;;2*+4/p-2. The first-order valence-electron chi connectivity index (χ1n) is 12.9. The second-order valence-electron chi connectivity index (χ2n) is 9.93. The van der Waals surface area contributed by atoms with Crippen molar-refractivity contribution in [1.29, 1.82) is 0 Å². The molecule has 14 N–H and O–H groups in total. The molecule has 0 aromatic rings. The molecule has 0 aromatic heterocycles. The van der Waals surface area contributed by atoms with E-state index in [2.05, 4.69) is 0 Å². The average molecular weight is 1070 g/mol. The third kappa shape index (κ3) is 15.4. The van der Waals surface area contributed by atoms with E-state index in [9.17, 15) is 39.6 Å². The van der Waals surface area contributed by atoms with Crippen molar-refractivity contribution in [3.8, 4) is 0 Å². The van der Waals surface area contributed by atoms with Gasteiger partial charge in [0.15, 0.2) is 0 Å². The summed E-state index contributed by atoms with van der Waals surface area (Å²) in [4.78, 5) is 54.2. The van der Waals surface area contributed by atoms with Gasteiger partial charge in [-0.2, -0.15) is 0 Å². The Bertz CT molecular complexity index is 919. The zero-order valence-electron chi connectivity index (χ0n) is 25.5. The van der Waals surface area contributed by atoms with Crippen molar-refractivity contribution in [3.63, 3.8) is 0 Å². The zero-order chi connectivity index (χ0) is 30.1. The summed E-state index contributed by atoms with van der Waals surface area (Å²) in [7, 11) is 0. The van der Waals surface area contributed by atoms with E-state index in [0.29, 0.717) is 26.2 Å². The molecule has 2 spiro atoms. The quantitative estimate of drug-likeness (QED) is 0.129. The Labute approximate surface area is 322 Å². The minimum atomic E-state index is -5.02. The van der Waals surface area contributed by atoms with Crippen molar-refractivity contribution in [2.24, 2.45) is 0 Å². The van der Waals surface area contributed by atoms with Crippen LogP contribution in [0.4, 0.5) is 0 Å². The molecule has 10 saturated heterocycles. The predicted molar refractivity (Wildman–Crippen MR) is 147 cm³/mol. The van der Waals surface area contributed by atoms with E-state index in [-0.39, 0.29) is 125 Å². The second kappa shape index (κ2) is 23.3. The first-order chi connectivity index (χ1) is 19.9. The van der Waals surface area contributed by atoms with Crippen LogP contribution in [0.2, 0.25) is 0 Å². The average Bonchev–Trinajstić information content (AvgIpc) is 2.90. The molecule has 10 rings (SSSR count). The maximum absolute atomic E-state index is 11.9. The van der Waals surface area contributed by atoms with Gasteiger partial charge in [-0.3, -0.25) is 0 Å². The molecule has 0 aliphatic carbocycles. The molecule has 5 radical (unpaired) electrons. The minimum absolute atomic E-state index is 0. The van der Waals surface area contributed by atoms with Crippen LogP contribution in [0.15, 0.2) is 0 Å². The fourth-order valence-electron chi connectivity index (χ4n) is 4.72. The summed E-state index contributed by atoms with van der Waals surface area (Å²) in [5, 5.41) is 39.7. The van der Waals surface area contributed by atoms with E-state index < -0.39 is 90.0 Å². The number of hydrogen-bond acceptors (Lipinski definition) is 20. The van der Waals surface area contributed by atoms with Crippen molar-refractivity contribution in [2.75, 3.05) is 78.5 Å². The molecule has 10 heterocycles. The topological polar surface area (TPSA) is 365 Å². The van der Waals surface area contributed by atoms with Crippen molar-refractivity contribution in [1.82, 2.24) is 19.6 Å². The fraction of sp³-hybridized carbons (Fsp3) is 0.800. The molecule has 6 bridgehead atoms. The number of fused-ring (bicyclic) bond motifs is 8. The molecule has 24 nitrogen and oxygen atoms in total. The number of hydrogen-bond donors (Lipinski definition) is 4. The number of carbonyl (C=O) groups excluding carboxylic acids is 4. The molecule has 8 atom stereocenters. The molecule has 0 saturated carbocycles. The van der Waals surface area contributed by atoms with Crippen LogP contribution in [0.3, 0.4) is 0 Å². The van der Waals surface area contributed by atoms with Crippen LogP contribution in [0.25, 0.3) is 0 Å². The van der Waals surface area contributed by atoms with Crippen LogP contribution < -0.4 is 0 Å². The molecule has 0 aromatic carbocycles. The Hall–Kier alpha value is 0.435. The van der Waals surface area contributed by atoms with Gasteiger partial charge in [-0.15, -0.1) is 0 Å². The van der Waals surface area contributed by atoms with Crippen LogP contribution in [0.5, 0.6) is 0 Å². The summed E-state index contributed by atoms with van der Waals surface area (Å²) in [5.74, 6) is -2.65. The maximum atomic E-state index is 11.9. The monoisotopic (exact) mass is 1060 g/mol. The SMILES string of the molecule is O.O.O=C1CN2CCN3CC(=O)[O][Sb]([O]1)([O]C(O)C2)[O]C(O)C3.O=C1CN2CCN3CC(=O)[O][Sb]([O]1)([O]C(O)C2)[O]C(O)C3.[Mn].[Mn].[Mn].[OH3+].[OH3+]. The molecule has 0 amide bonds. The van der Waals surface area contributed by atoms with E-state index in [1.165, 1.54) is 0 Å². The number of nitrogens with zero attached hydrogens (tertiary/aromatic N) is 4. The van der Waals surface area contributed by atoms with Crippen LogP contribution in [0.1, 0.15) is 0 Å². The Morgan fingerprint density at radius 1 is 0.449 bits per heavy atom. The van der Waals surface area contributed by atoms with E-state index >= 15 is 0 Å². The van der Waals surface area contributed by atoms with E-state index in [1.807, 2.05) is 0 Å². The number of aliphatic hydroxyl groups excluding tert-OH is 4. The number of carbonyl (C=O) groups is 4. The van der Waals surface area contributed by atoms with Gasteiger partial charge in [0.2, 0.25) is 0 Å². The summed E-state index contributed by atoms with van der Waals surface area (Å²) in [6.07, 6.45) is -5.30. The van der Waals surface area contributed by atoms with E-state index in [4.69, 9.17) is 24.1 Å². The molecule has 8 unspecified atom stereocenters. The normalized spacial score (nSPS) is 38.0. The predicted octanol–water partition coefficient (Wildman–Crippen LogP) is -9.85. The van der Waals surface area contributed by atoms with Gasteiger partial charge in [0.1, 0.15) is 0 Å². The van der Waals surface area contributed by atoms with Crippen molar-refractivity contribution >= 4 is 64.8 Å². The fourth-order valence-corrected chi connectivity index (χ4v) is 13.9. The largest absolute Gasteiger partial charge is 0.457 e. The van der Waals surface area contributed by atoms with Crippen LogP contribution in [-0.4, -0.2) is 220 Å². The molecular weight excluding hydrogens is 1020 g/mol. The summed E-state index contributed by atoms with van der Waals surface area (Å²) in [6, 6.07) is 0. The van der Waals surface area contributed by atoms with Gasteiger partial charge in [-0.05, 0) is 0 Å².